The minimum Gasteiger partial charge on any atom is -0.334 e. The Bertz CT molecular complexity index is 462. The molecule has 1 aliphatic heterocycles. The summed E-state index contributed by atoms with van der Waals surface area (Å²) in [5.74, 6) is 1.73. The number of nitrogens with zero attached hydrogens (tertiary/aromatic N) is 3. The maximum absolute atomic E-state index is 5.23. The van der Waals surface area contributed by atoms with Crippen molar-refractivity contribution in [2.75, 3.05) is 13.1 Å². The van der Waals surface area contributed by atoms with Crippen molar-refractivity contribution in [3.63, 3.8) is 0 Å². The molecule has 0 saturated carbocycles. The smallest absolute Gasteiger partial charge is 0.259 e. The van der Waals surface area contributed by atoms with Crippen LogP contribution in [0.1, 0.15) is 18.2 Å². The molecule has 16 heavy (non-hydrogen) atoms. The Hall–Kier alpha value is -1.75. The molecular formula is C11H12N4O. The highest BCUT2D eigenvalue weighted by atomic mass is 16.5. The van der Waals surface area contributed by atoms with Crippen molar-refractivity contribution in [2.45, 2.75) is 12.3 Å². The molecule has 0 unspecified atom stereocenters. The van der Waals surface area contributed by atoms with Crippen LogP contribution in [0.15, 0.2) is 29.0 Å². The van der Waals surface area contributed by atoms with Gasteiger partial charge in [-0.3, -0.25) is 4.98 Å². The zero-order valence-corrected chi connectivity index (χ0v) is 8.76. The van der Waals surface area contributed by atoms with Gasteiger partial charge in [-0.25, -0.2) is 0 Å². The Balaban J connectivity index is 1.87. The molecular weight excluding hydrogens is 204 g/mol. The molecule has 0 spiro atoms. The van der Waals surface area contributed by atoms with Crippen LogP contribution < -0.4 is 5.32 Å². The lowest BCUT2D eigenvalue weighted by atomic mass is 10.1. The molecule has 1 N–H and O–H groups in total. The third-order valence-electron chi connectivity index (χ3n) is 2.78. The molecule has 3 rings (SSSR count). The van der Waals surface area contributed by atoms with E-state index in [9.17, 15) is 0 Å². The number of nitrogens with one attached hydrogen (secondary N) is 1. The molecule has 2 aromatic heterocycles. The summed E-state index contributed by atoms with van der Waals surface area (Å²) in [7, 11) is 0. The van der Waals surface area contributed by atoms with Gasteiger partial charge in [-0.1, -0.05) is 5.16 Å². The topological polar surface area (TPSA) is 63.8 Å². The fourth-order valence-corrected chi connectivity index (χ4v) is 1.88. The van der Waals surface area contributed by atoms with Crippen LogP contribution in [0.5, 0.6) is 0 Å². The summed E-state index contributed by atoms with van der Waals surface area (Å²) >= 11 is 0. The summed E-state index contributed by atoms with van der Waals surface area (Å²) in [6.45, 7) is 1.97. The van der Waals surface area contributed by atoms with Crippen LogP contribution >= 0.6 is 0 Å². The molecule has 1 fully saturated rings. The largest absolute Gasteiger partial charge is 0.334 e. The van der Waals surface area contributed by atoms with Gasteiger partial charge in [-0.2, -0.15) is 4.98 Å². The quantitative estimate of drug-likeness (QED) is 0.817. The normalized spacial score (nSPS) is 20.1. The van der Waals surface area contributed by atoms with Gasteiger partial charge in [0, 0.05) is 24.9 Å². The van der Waals surface area contributed by atoms with Gasteiger partial charge in [0.25, 0.3) is 5.89 Å². The number of rotatable bonds is 2. The molecule has 0 aliphatic carbocycles. The third kappa shape index (κ3) is 1.69. The predicted molar refractivity (Wildman–Crippen MR) is 57.8 cm³/mol. The fraction of sp³-hybridized carbons (Fsp3) is 0.364. The van der Waals surface area contributed by atoms with Crippen LogP contribution in [0.3, 0.4) is 0 Å². The minimum absolute atomic E-state index is 0.383. The number of hydrogen-bond donors (Lipinski definition) is 1. The minimum atomic E-state index is 0.383. The monoisotopic (exact) mass is 216 g/mol. The van der Waals surface area contributed by atoms with E-state index < -0.39 is 0 Å². The van der Waals surface area contributed by atoms with E-state index in [1.54, 1.807) is 12.4 Å². The fourth-order valence-electron chi connectivity index (χ4n) is 1.88. The van der Waals surface area contributed by atoms with E-state index in [1.807, 2.05) is 12.1 Å². The summed E-state index contributed by atoms with van der Waals surface area (Å²) in [5.41, 5.74) is 0.868. The molecule has 0 radical (unpaired) electrons. The summed E-state index contributed by atoms with van der Waals surface area (Å²) < 4.78 is 5.23. The Morgan fingerprint density at radius 3 is 3.19 bits per heavy atom. The van der Waals surface area contributed by atoms with Gasteiger partial charge >= 0.3 is 0 Å². The number of aromatic nitrogens is 3. The molecule has 3 heterocycles. The van der Waals surface area contributed by atoms with Crippen LogP contribution in [-0.2, 0) is 0 Å². The van der Waals surface area contributed by atoms with E-state index in [0.717, 1.165) is 30.9 Å². The van der Waals surface area contributed by atoms with Gasteiger partial charge in [0.05, 0.1) is 5.56 Å². The number of hydrogen-bond acceptors (Lipinski definition) is 5. The average molecular weight is 216 g/mol. The molecule has 0 amide bonds. The van der Waals surface area contributed by atoms with Crippen molar-refractivity contribution >= 4 is 0 Å². The molecule has 82 valence electrons. The second kappa shape index (κ2) is 4.02. The maximum Gasteiger partial charge on any atom is 0.259 e. The standard InChI is InChI=1S/C11H12N4O/c1-2-9(7-12-4-1)11-14-10(15-16-11)8-3-5-13-6-8/h1-2,4,7-8,13H,3,5-6H2/t8-/m0/s1. The van der Waals surface area contributed by atoms with Crippen LogP contribution in [0.4, 0.5) is 0 Å². The molecule has 1 aliphatic rings. The Labute approximate surface area is 92.9 Å². The third-order valence-corrected chi connectivity index (χ3v) is 2.78. The second-order valence-electron chi connectivity index (χ2n) is 3.89. The van der Waals surface area contributed by atoms with Crippen molar-refractivity contribution in [3.8, 4) is 11.5 Å². The summed E-state index contributed by atoms with van der Waals surface area (Å²) in [4.78, 5) is 8.43. The van der Waals surface area contributed by atoms with E-state index in [4.69, 9.17) is 4.52 Å². The second-order valence-corrected chi connectivity index (χ2v) is 3.89. The van der Waals surface area contributed by atoms with E-state index in [2.05, 4.69) is 20.4 Å². The van der Waals surface area contributed by atoms with Gasteiger partial charge in [-0.05, 0) is 25.1 Å². The lowest BCUT2D eigenvalue weighted by Gasteiger charge is -1.98. The zero-order valence-electron chi connectivity index (χ0n) is 8.76. The van der Waals surface area contributed by atoms with E-state index in [-0.39, 0.29) is 0 Å². The van der Waals surface area contributed by atoms with Gasteiger partial charge in [0.1, 0.15) is 0 Å². The molecule has 5 heteroatoms. The molecule has 1 atom stereocenters. The van der Waals surface area contributed by atoms with Gasteiger partial charge in [-0.15, -0.1) is 0 Å². The lowest BCUT2D eigenvalue weighted by Crippen LogP contribution is -2.08. The first-order valence-corrected chi connectivity index (χ1v) is 5.38. The highest BCUT2D eigenvalue weighted by molar-refractivity contribution is 5.50. The van der Waals surface area contributed by atoms with E-state index in [1.165, 1.54) is 0 Å². The first-order chi connectivity index (χ1) is 7.93. The molecule has 0 bridgehead atoms. The highest BCUT2D eigenvalue weighted by Crippen LogP contribution is 2.22. The Morgan fingerprint density at radius 2 is 2.44 bits per heavy atom. The van der Waals surface area contributed by atoms with Crippen molar-refractivity contribution in [2.24, 2.45) is 0 Å². The van der Waals surface area contributed by atoms with E-state index >= 15 is 0 Å². The maximum atomic E-state index is 5.23. The van der Waals surface area contributed by atoms with Crippen LogP contribution in [-0.4, -0.2) is 28.2 Å². The van der Waals surface area contributed by atoms with E-state index in [0.29, 0.717) is 11.8 Å². The molecule has 1 saturated heterocycles. The Morgan fingerprint density at radius 1 is 1.44 bits per heavy atom. The first-order valence-electron chi connectivity index (χ1n) is 5.38. The van der Waals surface area contributed by atoms with Crippen LogP contribution in [0, 0.1) is 0 Å². The van der Waals surface area contributed by atoms with Crippen molar-refractivity contribution in [1.82, 2.24) is 20.4 Å². The average Bonchev–Trinajstić information content (AvgIpc) is 3.01. The Kier molecular flexibility index (Phi) is 2.38. The molecule has 5 nitrogen and oxygen atoms in total. The summed E-state index contributed by atoms with van der Waals surface area (Å²) in [5, 5.41) is 7.31. The van der Waals surface area contributed by atoms with Gasteiger partial charge < -0.3 is 9.84 Å². The highest BCUT2D eigenvalue weighted by Gasteiger charge is 2.22. The SMILES string of the molecule is c1cncc(-c2nc([C@H]3CCNC3)no2)c1. The lowest BCUT2D eigenvalue weighted by molar-refractivity contribution is 0.417. The molecule has 2 aromatic rings. The predicted octanol–water partition coefficient (Wildman–Crippen LogP) is 1.21. The van der Waals surface area contributed by atoms with Crippen molar-refractivity contribution < 1.29 is 4.52 Å². The molecule has 0 aromatic carbocycles. The summed E-state index contributed by atoms with van der Waals surface area (Å²) in [6.07, 6.45) is 4.53. The zero-order chi connectivity index (χ0) is 10.8. The first kappa shape index (κ1) is 9.47. The van der Waals surface area contributed by atoms with Gasteiger partial charge in [0.15, 0.2) is 5.82 Å². The van der Waals surface area contributed by atoms with Crippen molar-refractivity contribution in [3.05, 3.63) is 30.4 Å². The number of pyridine rings is 1. The van der Waals surface area contributed by atoms with Gasteiger partial charge in [0.2, 0.25) is 0 Å². The summed E-state index contributed by atoms with van der Waals surface area (Å²) in [6, 6.07) is 3.77. The van der Waals surface area contributed by atoms with Crippen LogP contribution in [0.2, 0.25) is 0 Å². The van der Waals surface area contributed by atoms with Crippen LogP contribution in [0.25, 0.3) is 11.5 Å². The van der Waals surface area contributed by atoms with Crippen molar-refractivity contribution in [1.29, 1.82) is 0 Å².